The van der Waals surface area contributed by atoms with Crippen molar-refractivity contribution in [3.05, 3.63) is 115 Å². The number of anilines is 3. The van der Waals surface area contributed by atoms with Crippen LogP contribution in [0, 0.1) is 6.92 Å². The molecule has 5 aromatic rings. The van der Waals surface area contributed by atoms with E-state index in [2.05, 4.69) is 83.8 Å². The Kier molecular flexibility index (Phi) is 4.70. The van der Waals surface area contributed by atoms with Crippen LogP contribution in [0.15, 0.2) is 109 Å². The smallest absolute Gasteiger partial charge is 0.160 e. The van der Waals surface area contributed by atoms with Gasteiger partial charge in [-0.1, -0.05) is 66.7 Å². The number of fused-ring (bicyclic) bond motifs is 1. The average Bonchev–Trinajstić information content (AvgIpc) is 2.81. The summed E-state index contributed by atoms with van der Waals surface area (Å²) in [6, 6.07) is 37.4. The molecule has 1 aromatic heterocycles. The molecular weight excluding hydrogens is 366 g/mol. The van der Waals surface area contributed by atoms with Gasteiger partial charge in [0.2, 0.25) is 0 Å². The molecule has 0 spiro atoms. The highest BCUT2D eigenvalue weighted by atomic mass is 15.1. The Hall–Kier alpha value is -3.98. The summed E-state index contributed by atoms with van der Waals surface area (Å²) in [5, 5.41) is 1.09. The van der Waals surface area contributed by atoms with Gasteiger partial charge in [-0.2, -0.15) is 0 Å². The summed E-state index contributed by atoms with van der Waals surface area (Å²) in [5.41, 5.74) is 6.24. The van der Waals surface area contributed by atoms with Gasteiger partial charge in [-0.25, -0.2) is 9.97 Å². The lowest BCUT2D eigenvalue weighted by Crippen LogP contribution is -2.09. The molecule has 0 aliphatic heterocycles. The molecule has 3 nitrogen and oxygen atoms in total. The number of nitrogens with zero attached hydrogens (tertiary/aromatic N) is 3. The van der Waals surface area contributed by atoms with Gasteiger partial charge in [-0.15, -0.1) is 0 Å². The number of benzene rings is 4. The van der Waals surface area contributed by atoms with Gasteiger partial charge in [0.25, 0.3) is 0 Å². The Balaban J connectivity index is 1.64. The van der Waals surface area contributed by atoms with Crippen LogP contribution in [0.5, 0.6) is 0 Å². The summed E-state index contributed by atoms with van der Waals surface area (Å²) in [6.07, 6.45) is 0. The summed E-state index contributed by atoms with van der Waals surface area (Å²) in [6.45, 7) is 2.04. The molecule has 0 radical (unpaired) electrons. The normalized spacial score (nSPS) is 10.8. The van der Waals surface area contributed by atoms with Crippen LogP contribution in [0.25, 0.3) is 22.3 Å². The molecule has 3 heteroatoms. The van der Waals surface area contributed by atoms with E-state index in [1.54, 1.807) is 0 Å². The largest absolute Gasteiger partial charge is 0.310 e. The molecule has 0 saturated carbocycles. The molecule has 5 rings (SSSR count). The van der Waals surface area contributed by atoms with Gasteiger partial charge in [0.05, 0.1) is 5.52 Å². The third-order valence-electron chi connectivity index (χ3n) is 5.19. The topological polar surface area (TPSA) is 29.0 Å². The van der Waals surface area contributed by atoms with E-state index in [4.69, 9.17) is 9.97 Å². The van der Waals surface area contributed by atoms with E-state index in [1.165, 1.54) is 0 Å². The van der Waals surface area contributed by atoms with Crippen LogP contribution in [-0.4, -0.2) is 9.97 Å². The van der Waals surface area contributed by atoms with E-state index in [0.29, 0.717) is 0 Å². The van der Waals surface area contributed by atoms with Crippen molar-refractivity contribution in [1.82, 2.24) is 9.97 Å². The highest BCUT2D eigenvalue weighted by Gasteiger charge is 2.14. The van der Waals surface area contributed by atoms with Gasteiger partial charge in [0, 0.05) is 33.7 Å². The predicted octanol–water partition coefficient (Wildman–Crippen LogP) is 7.08. The first-order valence-corrected chi connectivity index (χ1v) is 10.0. The van der Waals surface area contributed by atoms with Crippen LogP contribution in [0.4, 0.5) is 17.1 Å². The summed E-state index contributed by atoms with van der Waals surface area (Å²) >= 11 is 0. The van der Waals surface area contributed by atoms with Gasteiger partial charge >= 0.3 is 0 Å². The molecular formula is C27H21N3. The molecule has 0 unspecified atom stereocenters. The highest BCUT2D eigenvalue weighted by molar-refractivity contribution is 5.83. The molecule has 0 amide bonds. The lowest BCUT2D eigenvalue weighted by molar-refractivity contribution is 1.16. The van der Waals surface area contributed by atoms with Crippen LogP contribution >= 0.6 is 0 Å². The molecule has 0 saturated heterocycles. The summed E-state index contributed by atoms with van der Waals surface area (Å²) in [7, 11) is 0. The van der Waals surface area contributed by atoms with Crippen LogP contribution in [0.2, 0.25) is 0 Å². The fourth-order valence-electron chi connectivity index (χ4n) is 3.75. The van der Waals surface area contributed by atoms with E-state index < -0.39 is 0 Å². The second-order valence-electron chi connectivity index (χ2n) is 7.21. The monoisotopic (exact) mass is 387 g/mol. The third-order valence-corrected chi connectivity index (χ3v) is 5.19. The maximum atomic E-state index is 4.82. The van der Waals surface area contributed by atoms with Crippen molar-refractivity contribution in [2.24, 2.45) is 0 Å². The average molecular weight is 387 g/mol. The van der Waals surface area contributed by atoms with Crippen LogP contribution < -0.4 is 4.90 Å². The standard InChI is InChI=1S/C27H21N3/c1-20-25-17-8-9-18-26(25)29-27(28-20)21-11-10-16-24(19-21)30(22-12-4-2-5-13-22)23-14-6-3-7-15-23/h2-19H,1H3. The number of rotatable bonds is 4. The van der Waals surface area contributed by atoms with Gasteiger partial charge < -0.3 is 4.90 Å². The molecule has 30 heavy (non-hydrogen) atoms. The summed E-state index contributed by atoms with van der Waals surface area (Å²) in [4.78, 5) is 11.9. The molecule has 0 aliphatic rings. The van der Waals surface area contributed by atoms with Crippen molar-refractivity contribution < 1.29 is 0 Å². The molecule has 144 valence electrons. The Morgan fingerprint density at radius 3 is 1.87 bits per heavy atom. The highest BCUT2D eigenvalue weighted by Crippen LogP contribution is 2.35. The van der Waals surface area contributed by atoms with E-state index in [0.717, 1.165) is 45.0 Å². The molecule has 0 fully saturated rings. The van der Waals surface area contributed by atoms with Crippen molar-refractivity contribution in [1.29, 1.82) is 0 Å². The Bertz CT molecular complexity index is 1260. The third kappa shape index (κ3) is 3.42. The predicted molar refractivity (Wildman–Crippen MR) is 124 cm³/mol. The van der Waals surface area contributed by atoms with E-state index >= 15 is 0 Å². The number of hydrogen-bond donors (Lipinski definition) is 0. The van der Waals surface area contributed by atoms with Gasteiger partial charge in [0.1, 0.15) is 0 Å². The molecule has 0 N–H and O–H groups in total. The quantitative estimate of drug-likeness (QED) is 0.330. The van der Waals surface area contributed by atoms with Crippen molar-refractivity contribution in [2.75, 3.05) is 4.90 Å². The minimum atomic E-state index is 0.745. The van der Waals surface area contributed by atoms with Crippen molar-refractivity contribution in [3.8, 4) is 11.4 Å². The minimum absolute atomic E-state index is 0.745. The first-order valence-electron chi connectivity index (χ1n) is 10.0. The molecule has 4 aromatic carbocycles. The molecule has 1 heterocycles. The maximum absolute atomic E-state index is 4.82. The zero-order valence-electron chi connectivity index (χ0n) is 16.7. The van der Waals surface area contributed by atoms with Gasteiger partial charge in [-0.3, -0.25) is 0 Å². The van der Waals surface area contributed by atoms with Crippen molar-refractivity contribution >= 4 is 28.0 Å². The number of para-hydroxylation sites is 3. The molecule has 0 bridgehead atoms. The van der Waals surface area contributed by atoms with E-state index in [9.17, 15) is 0 Å². The van der Waals surface area contributed by atoms with Crippen molar-refractivity contribution in [2.45, 2.75) is 6.92 Å². The minimum Gasteiger partial charge on any atom is -0.310 e. The molecule has 0 aliphatic carbocycles. The number of hydrogen-bond acceptors (Lipinski definition) is 3. The Labute approximate surface area is 176 Å². The molecule has 0 atom stereocenters. The number of aromatic nitrogens is 2. The fraction of sp³-hybridized carbons (Fsp3) is 0.0370. The van der Waals surface area contributed by atoms with E-state index in [-0.39, 0.29) is 0 Å². The Morgan fingerprint density at radius 1 is 0.567 bits per heavy atom. The lowest BCUT2D eigenvalue weighted by Gasteiger charge is -2.25. The Morgan fingerprint density at radius 2 is 1.17 bits per heavy atom. The van der Waals surface area contributed by atoms with Gasteiger partial charge in [0.15, 0.2) is 5.82 Å². The van der Waals surface area contributed by atoms with Crippen LogP contribution in [0.3, 0.4) is 0 Å². The first-order chi connectivity index (χ1) is 14.8. The second kappa shape index (κ2) is 7.80. The second-order valence-corrected chi connectivity index (χ2v) is 7.21. The SMILES string of the molecule is Cc1nc(-c2cccc(N(c3ccccc3)c3ccccc3)c2)nc2ccccc12. The summed E-state index contributed by atoms with van der Waals surface area (Å²) in [5.74, 6) is 0.745. The van der Waals surface area contributed by atoms with E-state index in [1.807, 2.05) is 37.3 Å². The lowest BCUT2D eigenvalue weighted by atomic mass is 10.1. The first kappa shape index (κ1) is 18.1. The van der Waals surface area contributed by atoms with Crippen molar-refractivity contribution in [3.63, 3.8) is 0 Å². The zero-order valence-corrected chi connectivity index (χ0v) is 16.7. The fourth-order valence-corrected chi connectivity index (χ4v) is 3.75. The van der Waals surface area contributed by atoms with Gasteiger partial charge in [-0.05, 0) is 49.4 Å². The summed E-state index contributed by atoms with van der Waals surface area (Å²) < 4.78 is 0. The van der Waals surface area contributed by atoms with Crippen LogP contribution in [-0.2, 0) is 0 Å². The van der Waals surface area contributed by atoms with Crippen LogP contribution in [0.1, 0.15) is 5.69 Å². The zero-order chi connectivity index (χ0) is 20.3. The maximum Gasteiger partial charge on any atom is 0.160 e. The number of aryl methyl sites for hydroxylation is 1.